The quantitative estimate of drug-likeness (QED) is 0.670. The van der Waals surface area contributed by atoms with Gasteiger partial charge in [-0.3, -0.25) is 0 Å². The lowest BCUT2D eigenvalue weighted by Crippen LogP contribution is -2.18. The third kappa shape index (κ3) is 2.18. The normalized spacial score (nSPS) is 10.8. The van der Waals surface area contributed by atoms with Crippen LogP contribution in [0, 0.1) is 5.92 Å². The standard InChI is InChI=1S/C6H12N4O/c1-5(2)3-4-10-6(11)7-8-9-10/h5H,3-4H2,1-2H3,(H,7,9,11). The van der Waals surface area contributed by atoms with Gasteiger partial charge in [0.25, 0.3) is 0 Å². The summed E-state index contributed by atoms with van der Waals surface area (Å²) in [5, 5.41) is 9.20. The summed E-state index contributed by atoms with van der Waals surface area (Å²) in [6.45, 7) is 4.85. The predicted molar refractivity (Wildman–Crippen MR) is 40.1 cm³/mol. The molecule has 0 aliphatic carbocycles. The number of rotatable bonds is 3. The Hall–Kier alpha value is -1.13. The van der Waals surface area contributed by atoms with Crippen LogP contribution in [0.5, 0.6) is 0 Å². The van der Waals surface area contributed by atoms with E-state index in [9.17, 15) is 4.79 Å². The number of hydrogen-bond acceptors (Lipinski definition) is 3. The maximum absolute atomic E-state index is 10.8. The van der Waals surface area contributed by atoms with Crippen molar-refractivity contribution in [3.63, 3.8) is 0 Å². The molecule has 0 atom stereocenters. The first kappa shape index (κ1) is 7.97. The van der Waals surface area contributed by atoms with Crippen molar-refractivity contribution in [2.24, 2.45) is 5.92 Å². The van der Waals surface area contributed by atoms with Gasteiger partial charge in [-0.25, -0.2) is 9.89 Å². The molecule has 62 valence electrons. The van der Waals surface area contributed by atoms with Crippen LogP contribution >= 0.6 is 0 Å². The Kier molecular flexibility index (Phi) is 2.40. The Morgan fingerprint density at radius 1 is 1.64 bits per heavy atom. The number of nitrogens with one attached hydrogen (secondary N) is 1. The van der Waals surface area contributed by atoms with Crippen molar-refractivity contribution in [1.82, 2.24) is 20.2 Å². The predicted octanol–water partition coefficient (Wildman–Crippen LogP) is 0.0125. The highest BCUT2D eigenvalue weighted by molar-refractivity contribution is 4.52. The topological polar surface area (TPSA) is 63.6 Å². The molecular weight excluding hydrogens is 144 g/mol. The molecule has 1 aromatic heterocycles. The van der Waals surface area contributed by atoms with Crippen LogP contribution in [0.4, 0.5) is 0 Å². The van der Waals surface area contributed by atoms with Crippen molar-refractivity contribution < 1.29 is 0 Å². The maximum Gasteiger partial charge on any atom is 0.361 e. The van der Waals surface area contributed by atoms with Gasteiger partial charge in [0.15, 0.2) is 0 Å². The summed E-state index contributed by atoms with van der Waals surface area (Å²) in [6, 6.07) is 0. The first-order valence-electron chi connectivity index (χ1n) is 3.68. The molecular formula is C6H12N4O. The van der Waals surface area contributed by atoms with E-state index in [-0.39, 0.29) is 5.69 Å². The smallest absolute Gasteiger partial charge is 0.245 e. The molecule has 5 nitrogen and oxygen atoms in total. The number of aryl methyl sites for hydroxylation is 1. The summed E-state index contributed by atoms with van der Waals surface area (Å²) < 4.78 is 1.33. The van der Waals surface area contributed by atoms with Gasteiger partial charge in [0.2, 0.25) is 0 Å². The van der Waals surface area contributed by atoms with E-state index in [2.05, 4.69) is 29.4 Å². The van der Waals surface area contributed by atoms with Crippen LogP contribution < -0.4 is 5.69 Å². The fourth-order valence-corrected chi connectivity index (χ4v) is 0.744. The maximum atomic E-state index is 10.8. The largest absolute Gasteiger partial charge is 0.361 e. The number of H-pyrrole nitrogens is 1. The highest BCUT2D eigenvalue weighted by Crippen LogP contribution is 1.98. The van der Waals surface area contributed by atoms with E-state index in [1.165, 1.54) is 4.68 Å². The van der Waals surface area contributed by atoms with E-state index >= 15 is 0 Å². The van der Waals surface area contributed by atoms with E-state index < -0.39 is 0 Å². The molecule has 1 heterocycles. The Morgan fingerprint density at radius 3 is 2.82 bits per heavy atom. The van der Waals surface area contributed by atoms with E-state index in [4.69, 9.17) is 0 Å². The van der Waals surface area contributed by atoms with Gasteiger partial charge in [-0.1, -0.05) is 13.8 Å². The highest BCUT2D eigenvalue weighted by atomic mass is 16.2. The minimum atomic E-state index is -0.231. The van der Waals surface area contributed by atoms with Crippen LogP contribution in [0.25, 0.3) is 0 Å². The average molecular weight is 156 g/mol. The van der Waals surface area contributed by atoms with Crippen molar-refractivity contribution in [2.45, 2.75) is 26.8 Å². The lowest BCUT2D eigenvalue weighted by atomic mass is 10.1. The van der Waals surface area contributed by atoms with Crippen molar-refractivity contribution in [3.8, 4) is 0 Å². The number of aromatic amines is 1. The van der Waals surface area contributed by atoms with E-state index in [1.54, 1.807) is 0 Å². The summed E-state index contributed by atoms with van der Waals surface area (Å²) in [7, 11) is 0. The van der Waals surface area contributed by atoms with Crippen LogP contribution in [-0.4, -0.2) is 20.2 Å². The van der Waals surface area contributed by atoms with Crippen LogP contribution in [0.15, 0.2) is 4.79 Å². The molecule has 1 aromatic rings. The third-order valence-corrected chi connectivity index (χ3v) is 1.45. The summed E-state index contributed by atoms with van der Waals surface area (Å²) in [6.07, 6.45) is 0.951. The molecule has 11 heavy (non-hydrogen) atoms. The fourth-order valence-electron chi connectivity index (χ4n) is 0.744. The van der Waals surface area contributed by atoms with Gasteiger partial charge < -0.3 is 0 Å². The minimum Gasteiger partial charge on any atom is -0.245 e. The summed E-state index contributed by atoms with van der Waals surface area (Å²) >= 11 is 0. The molecule has 0 bridgehead atoms. The lowest BCUT2D eigenvalue weighted by molar-refractivity contribution is 0.470. The molecule has 0 saturated heterocycles. The summed E-state index contributed by atoms with van der Waals surface area (Å²) in [5.41, 5.74) is -0.231. The third-order valence-electron chi connectivity index (χ3n) is 1.45. The molecule has 0 amide bonds. The van der Waals surface area contributed by atoms with E-state index in [0.29, 0.717) is 12.5 Å². The van der Waals surface area contributed by atoms with Gasteiger partial charge in [-0.05, 0) is 22.8 Å². The fraction of sp³-hybridized carbons (Fsp3) is 0.833. The number of tetrazole rings is 1. The average Bonchev–Trinajstić information content (AvgIpc) is 2.31. The lowest BCUT2D eigenvalue weighted by Gasteiger charge is -2.00. The first-order chi connectivity index (χ1) is 5.20. The van der Waals surface area contributed by atoms with Crippen molar-refractivity contribution in [1.29, 1.82) is 0 Å². The van der Waals surface area contributed by atoms with E-state index in [1.807, 2.05) is 0 Å². The zero-order valence-electron chi connectivity index (χ0n) is 6.74. The van der Waals surface area contributed by atoms with Crippen molar-refractivity contribution in [2.75, 3.05) is 0 Å². The molecule has 1 rings (SSSR count). The molecule has 0 fully saturated rings. The molecule has 0 spiro atoms. The Bertz CT molecular complexity index is 262. The molecule has 0 unspecified atom stereocenters. The molecule has 0 aliphatic heterocycles. The molecule has 0 saturated carbocycles. The monoisotopic (exact) mass is 156 g/mol. The Morgan fingerprint density at radius 2 is 2.36 bits per heavy atom. The number of hydrogen-bond donors (Lipinski definition) is 1. The SMILES string of the molecule is CC(C)CCn1nn[nH]c1=O. The van der Waals surface area contributed by atoms with Crippen molar-refractivity contribution >= 4 is 0 Å². The zero-order valence-corrected chi connectivity index (χ0v) is 6.74. The highest BCUT2D eigenvalue weighted by Gasteiger charge is 1.99. The molecule has 1 N–H and O–H groups in total. The van der Waals surface area contributed by atoms with Crippen LogP contribution in [0.3, 0.4) is 0 Å². The number of aromatic nitrogens is 4. The van der Waals surface area contributed by atoms with Gasteiger partial charge in [0.05, 0.1) is 0 Å². The minimum absolute atomic E-state index is 0.231. The van der Waals surface area contributed by atoms with Gasteiger partial charge in [-0.2, -0.15) is 4.68 Å². The van der Waals surface area contributed by atoms with Gasteiger partial charge >= 0.3 is 5.69 Å². The second-order valence-corrected chi connectivity index (χ2v) is 2.91. The Balaban J connectivity index is 2.51. The molecule has 0 aliphatic rings. The second kappa shape index (κ2) is 3.32. The summed E-state index contributed by atoms with van der Waals surface area (Å²) in [5.74, 6) is 0.582. The van der Waals surface area contributed by atoms with Crippen LogP contribution in [0.2, 0.25) is 0 Å². The first-order valence-corrected chi connectivity index (χ1v) is 3.68. The number of nitrogens with zero attached hydrogens (tertiary/aromatic N) is 3. The Labute approximate surface area is 64.4 Å². The van der Waals surface area contributed by atoms with Crippen LogP contribution in [-0.2, 0) is 6.54 Å². The molecule has 0 aromatic carbocycles. The molecule has 5 heteroatoms. The van der Waals surface area contributed by atoms with Crippen LogP contribution in [0.1, 0.15) is 20.3 Å². The van der Waals surface area contributed by atoms with Gasteiger partial charge in [0.1, 0.15) is 0 Å². The van der Waals surface area contributed by atoms with E-state index in [0.717, 1.165) is 6.42 Å². The summed E-state index contributed by atoms with van der Waals surface area (Å²) in [4.78, 5) is 10.8. The molecule has 0 radical (unpaired) electrons. The van der Waals surface area contributed by atoms with Crippen molar-refractivity contribution in [3.05, 3.63) is 10.5 Å². The van der Waals surface area contributed by atoms with Gasteiger partial charge in [-0.15, -0.1) is 0 Å². The zero-order chi connectivity index (χ0) is 8.27. The second-order valence-electron chi connectivity index (χ2n) is 2.91. The van der Waals surface area contributed by atoms with Gasteiger partial charge in [0, 0.05) is 6.54 Å².